The van der Waals surface area contributed by atoms with Gasteiger partial charge in [0, 0.05) is 12.1 Å². The van der Waals surface area contributed by atoms with E-state index >= 15 is 4.57 Å². The topological polar surface area (TPSA) is 48.0 Å². The summed E-state index contributed by atoms with van der Waals surface area (Å²) in [5, 5.41) is 2.02. The summed E-state index contributed by atoms with van der Waals surface area (Å²) in [7, 11) is -6.87. The molecule has 3 aromatic carbocycles. The summed E-state index contributed by atoms with van der Waals surface area (Å²) in [5.41, 5.74) is 3.63. The van der Waals surface area contributed by atoms with Crippen LogP contribution in [0.15, 0.2) is 102 Å². The first-order valence-electron chi connectivity index (χ1n) is 18.1. The molecule has 49 heavy (non-hydrogen) atoms. The van der Waals surface area contributed by atoms with Crippen LogP contribution in [0, 0.1) is 11.7 Å². The molecule has 8 heteroatoms. The van der Waals surface area contributed by atoms with Crippen LogP contribution >= 0.6 is 7.60 Å². The Balaban J connectivity index is 2.22. The van der Waals surface area contributed by atoms with E-state index < -0.39 is 21.7 Å². The maximum absolute atomic E-state index is 15.1. The van der Waals surface area contributed by atoms with Gasteiger partial charge in [-0.25, -0.2) is 4.39 Å². The lowest BCUT2D eigenvalue weighted by molar-refractivity contribution is 0.179. The highest BCUT2D eigenvalue weighted by atomic mass is 31.2. The number of unbranched alkanes of at least 4 members (excludes halogenated alkanes) is 2. The van der Waals surface area contributed by atoms with Crippen molar-refractivity contribution in [1.82, 2.24) is 4.90 Å². The smallest absolute Gasteiger partial charge is 0.357 e. The Kier molecular flexibility index (Phi) is 13.3. The van der Waals surface area contributed by atoms with E-state index in [4.69, 9.17) is 13.5 Å². The minimum absolute atomic E-state index is 0.0139. The molecule has 0 aliphatic carbocycles. The van der Waals surface area contributed by atoms with Gasteiger partial charge < -0.3 is 18.4 Å². The fourth-order valence-corrected chi connectivity index (χ4v) is 14.1. The van der Waals surface area contributed by atoms with Crippen LogP contribution in [0.4, 0.5) is 4.39 Å². The van der Waals surface area contributed by atoms with Crippen LogP contribution in [-0.2, 0) is 18.0 Å². The maximum Gasteiger partial charge on any atom is 0.357 e. The van der Waals surface area contributed by atoms with E-state index in [0.29, 0.717) is 13.0 Å². The highest BCUT2D eigenvalue weighted by Crippen LogP contribution is 2.62. The van der Waals surface area contributed by atoms with E-state index in [0.717, 1.165) is 57.8 Å². The molecule has 0 saturated heterocycles. The van der Waals surface area contributed by atoms with E-state index in [1.165, 1.54) is 12.1 Å². The van der Waals surface area contributed by atoms with Gasteiger partial charge in [-0.15, -0.1) is 0 Å². The van der Waals surface area contributed by atoms with Crippen LogP contribution in [0.2, 0.25) is 5.04 Å². The number of rotatable bonds is 16. The largest absolute Gasteiger partial charge is 0.532 e. The molecule has 0 bridgehead atoms. The monoisotopic (exact) mass is 705 g/mol. The molecular weight excluding hydrogens is 649 g/mol. The van der Waals surface area contributed by atoms with Crippen LogP contribution < -0.4 is 10.4 Å². The van der Waals surface area contributed by atoms with Crippen molar-refractivity contribution in [3.05, 3.63) is 113 Å². The summed E-state index contributed by atoms with van der Waals surface area (Å²) in [6, 6.07) is 28.0. The van der Waals surface area contributed by atoms with Gasteiger partial charge in [0.1, 0.15) is 11.6 Å². The number of hydrogen-bond donors (Lipinski definition) is 0. The predicted molar refractivity (Wildman–Crippen MR) is 205 cm³/mol. The van der Waals surface area contributed by atoms with Crippen LogP contribution in [0.5, 0.6) is 0 Å². The Bertz CT molecular complexity index is 1570. The molecule has 1 unspecified atom stereocenters. The summed E-state index contributed by atoms with van der Waals surface area (Å²) >= 11 is 0. The van der Waals surface area contributed by atoms with Gasteiger partial charge in [-0.3, -0.25) is 4.57 Å². The Morgan fingerprint density at radius 1 is 0.816 bits per heavy atom. The molecule has 3 aromatic rings. The molecule has 0 saturated carbocycles. The summed E-state index contributed by atoms with van der Waals surface area (Å²) < 4.78 is 50.1. The first-order valence-corrected chi connectivity index (χ1v) is 21.6. The molecular formula is C41H57FNO4PSi. The van der Waals surface area contributed by atoms with E-state index in [9.17, 15) is 4.39 Å². The molecule has 0 spiro atoms. The minimum Gasteiger partial charge on any atom is -0.532 e. The molecule has 1 heterocycles. The summed E-state index contributed by atoms with van der Waals surface area (Å²) in [4.78, 5) is 2.23. The number of likely N-dealkylation sites (N-methyl/N-ethyl adjacent to an activating group) is 1. The second-order valence-electron chi connectivity index (χ2n) is 14.0. The van der Waals surface area contributed by atoms with Gasteiger partial charge in [-0.2, -0.15) is 0 Å². The van der Waals surface area contributed by atoms with E-state index in [-0.39, 0.29) is 30.0 Å². The molecule has 4 rings (SSSR count). The number of benzene rings is 3. The van der Waals surface area contributed by atoms with Gasteiger partial charge in [0.05, 0.1) is 18.9 Å². The SMILES string of the molecule is CCCCCC1=C(c2ccc(F)cc2)C(O[Si](c2ccccc2)(c2ccccc2)C(C)(C)C)=C(C(C)C)N(CC)C1P(=O)(OCC)OCC. The van der Waals surface area contributed by atoms with Crippen molar-refractivity contribution in [2.75, 3.05) is 19.8 Å². The fraction of sp³-hybridized carbons (Fsp3) is 0.463. The van der Waals surface area contributed by atoms with Crippen molar-refractivity contribution in [3.8, 4) is 0 Å². The fourth-order valence-electron chi connectivity index (χ4n) is 7.35. The summed E-state index contributed by atoms with van der Waals surface area (Å²) in [6.07, 6.45) is 3.61. The Labute approximate surface area is 296 Å². The summed E-state index contributed by atoms with van der Waals surface area (Å²) in [6.45, 7) is 20.3. The number of halogens is 1. The van der Waals surface area contributed by atoms with Crippen LogP contribution in [0.3, 0.4) is 0 Å². The van der Waals surface area contributed by atoms with Crippen molar-refractivity contribution >= 4 is 31.9 Å². The Morgan fingerprint density at radius 3 is 1.78 bits per heavy atom. The average molecular weight is 706 g/mol. The molecule has 0 radical (unpaired) electrons. The molecule has 5 nitrogen and oxygen atoms in total. The van der Waals surface area contributed by atoms with Crippen LogP contribution in [0.25, 0.3) is 5.57 Å². The number of hydrogen-bond acceptors (Lipinski definition) is 5. The second kappa shape index (κ2) is 16.8. The zero-order valence-electron chi connectivity index (χ0n) is 31.1. The maximum atomic E-state index is 15.1. The van der Waals surface area contributed by atoms with Gasteiger partial charge in [-0.1, -0.05) is 127 Å². The molecule has 266 valence electrons. The lowest BCUT2D eigenvalue weighted by Gasteiger charge is -2.49. The molecule has 0 aromatic heterocycles. The van der Waals surface area contributed by atoms with Crippen molar-refractivity contribution in [3.63, 3.8) is 0 Å². The molecule has 0 fully saturated rings. The van der Waals surface area contributed by atoms with Gasteiger partial charge in [0.15, 0.2) is 5.78 Å². The Hall–Kier alpha value is -2.96. The van der Waals surface area contributed by atoms with Crippen molar-refractivity contribution in [1.29, 1.82) is 0 Å². The van der Waals surface area contributed by atoms with Crippen molar-refractivity contribution in [2.45, 2.75) is 98.8 Å². The number of nitrogens with zero attached hydrogens (tertiary/aromatic N) is 1. The van der Waals surface area contributed by atoms with Crippen LogP contribution in [0.1, 0.15) is 93.6 Å². The van der Waals surface area contributed by atoms with Gasteiger partial charge in [0.2, 0.25) is 0 Å². The molecule has 1 atom stereocenters. The quantitative estimate of drug-likeness (QED) is 0.0844. The molecule has 0 N–H and O–H groups in total. The number of allylic oxidation sites excluding steroid dienone is 2. The minimum atomic E-state index is -3.73. The summed E-state index contributed by atoms with van der Waals surface area (Å²) in [5.74, 6) is -0.200. The second-order valence-corrected chi connectivity index (χ2v) is 20.3. The van der Waals surface area contributed by atoms with E-state index in [1.54, 1.807) is 0 Å². The third kappa shape index (κ3) is 8.01. The van der Waals surface area contributed by atoms with Gasteiger partial charge >= 0.3 is 15.9 Å². The van der Waals surface area contributed by atoms with Gasteiger partial charge in [-0.05, 0) is 78.2 Å². The highest BCUT2D eigenvalue weighted by molar-refractivity contribution is 7.54. The first kappa shape index (κ1) is 38.8. The van der Waals surface area contributed by atoms with Crippen molar-refractivity contribution < 1.29 is 22.4 Å². The van der Waals surface area contributed by atoms with Gasteiger partial charge in [0.25, 0.3) is 0 Å². The Morgan fingerprint density at radius 2 is 1.35 bits per heavy atom. The van der Waals surface area contributed by atoms with E-state index in [1.807, 2.05) is 38.1 Å². The first-order chi connectivity index (χ1) is 23.4. The molecule has 1 aliphatic heterocycles. The molecule has 0 amide bonds. The third-order valence-corrected chi connectivity index (χ3v) is 16.7. The standard InChI is InChI=1S/C41H57FNO4PSi/c1-10-14-17-26-36-37(32-27-29-33(42)30-28-32)39(38(31(5)6)43(11-2)40(36)48(44,45-12-3)46-13-4)47-49(41(7,8)9,34-22-18-15-19-23-34)35-24-20-16-21-25-35/h15-16,18-25,27-31,40H,10-14,17,26H2,1-9H3. The molecule has 1 aliphatic rings. The normalized spacial score (nSPS) is 16.1. The lowest BCUT2D eigenvalue weighted by Crippen LogP contribution is -2.66. The predicted octanol–water partition coefficient (Wildman–Crippen LogP) is 10.5. The average Bonchev–Trinajstić information content (AvgIpc) is 3.07. The van der Waals surface area contributed by atoms with Crippen LogP contribution in [-0.4, -0.2) is 38.8 Å². The van der Waals surface area contributed by atoms with Crippen molar-refractivity contribution in [2.24, 2.45) is 5.92 Å². The zero-order chi connectivity index (χ0) is 35.8. The zero-order valence-corrected chi connectivity index (χ0v) is 33.0. The van der Waals surface area contributed by atoms with E-state index in [2.05, 4.69) is 102 Å². The highest BCUT2D eigenvalue weighted by Gasteiger charge is 2.55. The lowest BCUT2D eigenvalue weighted by atomic mass is 9.88. The third-order valence-electron chi connectivity index (χ3n) is 9.36.